The van der Waals surface area contributed by atoms with Gasteiger partial charge in [0.2, 0.25) is 16.0 Å². The summed E-state index contributed by atoms with van der Waals surface area (Å²) >= 11 is 0. The highest BCUT2D eigenvalue weighted by atomic mass is 32.2. The monoisotopic (exact) mass is 508 g/mol. The van der Waals surface area contributed by atoms with E-state index in [4.69, 9.17) is 5.73 Å². The number of alkyl halides is 2. The van der Waals surface area contributed by atoms with Gasteiger partial charge in [0.1, 0.15) is 17.0 Å². The van der Waals surface area contributed by atoms with Gasteiger partial charge >= 0.3 is 0 Å². The summed E-state index contributed by atoms with van der Waals surface area (Å²) in [6.45, 7) is 3.52. The first-order valence-corrected chi connectivity index (χ1v) is 12.7. The predicted octanol–water partition coefficient (Wildman–Crippen LogP) is 3.33. The summed E-state index contributed by atoms with van der Waals surface area (Å²) in [6, 6.07) is 3.11. The van der Waals surface area contributed by atoms with E-state index in [1.165, 1.54) is 16.8 Å². The first kappa shape index (κ1) is 23.5. The Morgan fingerprint density at radius 1 is 1.26 bits per heavy atom. The second-order valence-electron chi connectivity index (χ2n) is 9.43. The molecule has 0 aliphatic heterocycles. The highest BCUT2D eigenvalue weighted by molar-refractivity contribution is 7.92. The second-order valence-corrected chi connectivity index (χ2v) is 11.2. The van der Waals surface area contributed by atoms with Gasteiger partial charge in [-0.15, -0.1) is 0 Å². The van der Waals surface area contributed by atoms with Gasteiger partial charge < -0.3 is 5.73 Å². The summed E-state index contributed by atoms with van der Waals surface area (Å²) in [5.41, 5.74) is 3.99. The van der Waals surface area contributed by atoms with Crippen molar-refractivity contribution in [3.63, 3.8) is 0 Å². The summed E-state index contributed by atoms with van der Waals surface area (Å²) in [5, 5.41) is 0. The molecule has 3 aromatic rings. The molecule has 1 unspecified atom stereocenters. The maximum Gasteiger partial charge on any atom is 0.278 e. The van der Waals surface area contributed by atoms with Gasteiger partial charge in [-0.25, -0.2) is 31.6 Å². The van der Waals surface area contributed by atoms with Crippen LogP contribution < -0.4 is 16.0 Å². The van der Waals surface area contributed by atoms with Crippen LogP contribution in [0.15, 0.2) is 29.2 Å². The van der Waals surface area contributed by atoms with Crippen molar-refractivity contribution in [2.24, 2.45) is 11.3 Å². The van der Waals surface area contributed by atoms with E-state index in [-0.39, 0.29) is 34.4 Å². The Bertz CT molecular complexity index is 1520. The van der Waals surface area contributed by atoms with Crippen LogP contribution in [0.5, 0.6) is 0 Å². The number of fused-ring (bicyclic) bond motifs is 1. The lowest BCUT2D eigenvalue weighted by atomic mass is 9.79. The molecule has 186 valence electrons. The predicted molar refractivity (Wildman–Crippen MR) is 124 cm³/mol. The molecule has 13 heteroatoms. The van der Waals surface area contributed by atoms with E-state index in [9.17, 15) is 26.4 Å². The van der Waals surface area contributed by atoms with Crippen LogP contribution in [0, 0.1) is 17.2 Å². The number of nitrogens with one attached hydrogen (secondary N) is 1. The quantitative estimate of drug-likeness (QED) is 0.522. The number of nitrogens with two attached hydrogens (primary N) is 1. The molecule has 1 spiro atoms. The van der Waals surface area contributed by atoms with Gasteiger partial charge in [0.25, 0.3) is 11.5 Å². The maximum absolute atomic E-state index is 14.9. The maximum atomic E-state index is 14.9. The summed E-state index contributed by atoms with van der Waals surface area (Å²) in [6.07, 6.45) is 2.60. The lowest BCUT2D eigenvalue weighted by Crippen LogP contribution is -2.26. The molecular formula is C22H23F3N6O3S. The number of aromatic nitrogens is 4. The lowest BCUT2D eigenvalue weighted by Gasteiger charge is -2.26. The van der Waals surface area contributed by atoms with Crippen LogP contribution in [0.1, 0.15) is 39.2 Å². The first-order chi connectivity index (χ1) is 16.4. The van der Waals surface area contributed by atoms with Gasteiger partial charge in [0.05, 0.1) is 23.6 Å². The summed E-state index contributed by atoms with van der Waals surface area (Å²) < 4.78 is 71.6. The van der Waals surface area contributed by atoms with Gasteiger partial charge in [0.15, 0.2) is 5.65 Å². The van der Waals surface area contributed by atoms with E-state index < -0.39 is 50.1 Å². The van der Waals surface area contributed by atoms with Crippen molar-refractivity contribution >= 4 is 32.8 Å². The fourth-order valence-electron chi connectivity index (χ4n) is 4.95. The number of nitrogen functional groups attached to an aromatic ring is 1. The molecule has 2 fully saturated rings. The van der Waals surface area contributed by atoms with Crippen LogP contribution in [-0.2, 0) is 10.0 Å². The van der Waals surface area contributed by atoms with E-state index in [1.54, 1.807) is 13.8 Å². The van der Waals surface area contributed by atoms with Crippen LogP contribution in [0.4, 0.5) is 24.8 Å². The first-order valence-electron chi connectivity index (χ1n) is 11.1. The van der Waals surface area contributed by atoms with Gasteiger partial charge in [-0.05, 0) is 38.8 Å². The fourth-order valence-corrected chi connectivity index (χ4v) is 6.50. The SMILES string of the molecule is CC(C)n1c(=O)c(-c2ccc(NS(=O)(=O)CC3C(F)(F)C34CCC4)c(F)c2)nc2cnc(N)nc21. The highest BCUT2D eigenvalue weighted by Gasteiger charge is 2.82. The Balaban J connectivity index is 1.45. The molecule has 1 aromatic carbocycles. The molecule has 2 aromatic heterocycles. The van der Waals surface area contributed by atoms with Gasteiger partial charge in [-0.1, -0.05) is 12.5 Å². The van der Waals surface area contributed by atoms with Crippen LogP contribution >= 0.6 is 0 Å². The van der Waals surface area contributed by atoms with E-state index in [0.717, 1.165) is 12.1 Å². The number of halogens is 3. The number of nitrogens with zero attached hydrogens (tertiary/aromatic N) is 4. The zero-order valence-corrected chi connectivity index (χ0v) is 19.7. The highest BCUT2D eigenvalue weighted by Crippen LogP contribution is 2.75. The molecule has 9 nitrogen and oxygen atoms in total. The van der Waals surface area contributed by atoms with Crippen LogP contribution in [0.2, 0.25) is 0 Å². The minimum absolute atomic E-state index is 0.0317. The molecule has 2 aliphatic carbocycles. The number of anilines is 2. The normalized spacial score (nSPS) is 20.2. The summed E-state index contributed by atoms with van der Waals surface area (Å²) in [7, 11) is -4.23. The van der Waals surface area contributed by atoms with Crippen LogP contribution in [0.3, 0.4) is 0 Å². The van der Waals surface area contributed by atoms with Crippen molar-refractivity contribution in [1.82, 2.24) is 19.5 Å². The van der Waals surface area contributed by atoms with Crippen molar-refractivity contribution in [2.45, 2.75) is 45.1 Å². The number of benzene rings is 1. The Morgan fingerprint density at radius 3 is 2.54 bits per heavy atom. The molecular weight excluding hydrogens is 485 g/mol. The lowest BCUT2D eigenvalue weighted by molar-refractivity contribution is 0.0284. The molecule has 0 saturated heterocycles. The molecule has 35 heavy (non-hydrogen) atoms. The molecule has 3 N–H and O–H groups in total. The molecule has 0 amide bonds. The standard InChI is InChI=1S/C22H23F3N6O3S/c1-11(2)31-18-15(9-27-20(26)29-18)28-17(19(31)32)12-4-5-14(13(23)8-12)30-35(33,34)10-16-21(6-3-7-21)22(16,24)25/h4-5,8-9,11,16,30H,3,6-7,10H2,1-2H3,(H2,26,27,29). The molecule has 0 bridgehead atoms. The van der Waals surface area contributed by atoms with E-state index in [0.29, 0.717) is 19.3 Å². The van der Waals surface area contributed by atoms with Gasteiger partial charge in [0, 0.05) is 17.0 Å². The van der Waals surface area contributed by atoms with E-state index in [2.05, 4.69) is 19.7 Å². The van der Waals surface area contributed by atoms with Crippen molar-refractivity contribution < 1.29 is 21.6 Å². The number of hydrogen-bond acceptors (Lipinski definition) is 7. The average Bonchev–Trinajstić information content (AvgIpc) is 3.22. The molecule has 2 saturated carbocycles. The minimum Gasteiger partial charge on any atom is -0.368 e. The third-order valence-corrected chi connectivity index (χ3v) is 8.29. The zero-order chi connectivity index (χ0) is 25.3. The Morgan fingerprint density at radius 2 is 1.97 bits per heavy atom. The van der Waals surface area contributed by atoms with Crippen LogP contribution in [0.25, 0.3) is 22.4 Å². The Labute approximate surface area is 198 Å². The van der Waals surface area contributed by atoms with Crippen molar-refractivity contribution in [2.75, 3.05) is 16.2 Å². The molecule has 1 atom stereocenters. The van der Waals surface area contributed by atoms with Crippen LogP contribution in [-0.4, -0.2) is 39.6 Å². The fraction of sp³-hybridized carbons (Fsp3) is 0.455. The second kappa shape index (κ2) is 7.64. The number of hydrogen-bond donors (Lipinski definition) is 2. The molecule has 5 rings (SSSR count). The summed E-state index contributed by atoms with van der Waals surface area (Å²) in [5.74, 6) is -6.07. The molecule has 2 heterocycles. The largest absolute Gasteiger partial charge is 0.368 e. The zero-order valence-electron chi connectivity index (χ0n) is 18.9. The number of rotatable bonds is 6. The molecule has 0 radical (unpaired) electrons. The van der Waals surface area contributed by atoms with Crippen molar-refractivity contribution in [3.05, 3.63) is 40.6 Å². The third kappa shape index (κ3) is 3.63. The summed E-state index contributed by atoms with van der Waals surface area (Å²) in [4.78, 5) is 25.4. The minimum atomic E-state index is -4.23. The van der Waals surface area contributed by atoms with Crippen molar-refractivity contribution in [3.8, 4) is 11.3 Å². The van der Waals surface area contributed by atoms with Gasteiger partial charge in [-0.2, -0.15) is 4.98 Å². The van der Waals surface area contributed by atoms with E-state index >= 15 is 0 Å². The average molecular weight is 509 g/mol. The Hall–Kier alpha value is -3.22. The third-order valence-electron chi connectivity index (χ3n) is 6.99. The van der Waals surface area contributed by atoms with Gasteiger partial charge in [-0.3, -0.25) is 14.1 Å². The number of sulfonamides is 1. The van der Waals surface area contributed by atoms with E-state index in [1.807, 2.05) is 0 Å². The van der Waals surface area contributed by atoms with Crippen molar-refractivity contribution in [1.29, 1.82) is 0 Å². The topological polar surface area (TPSA) is 133 Å². The Kier molecular flexibility index (Phi) is 5.13. The molecule has 2 aliphatic rings. The smallest absolute Gasteiger partial charge is 0.278 e.